The Bertz CT molecular complexity index is 1560. The first kappa shape index (κ1) is 29.1. The van der Waals surface area contributed by atoms with Gasteiger partial charge in [-0.1, -0.05) is 47.5 Å². The van der Waals surface area contributed by atoms with Gasteiger partial charge < -0.3 is 14.8 Å². The minimum Gasteiger partial charge on any atom is -0.495 e. The Hall–Kier alpha value is -2.87. The fraction of sp³-hybridized carbons (Fsp3) is 0.240. The van der Waals surface area contributed by atoms with E-state index in [1.165, 1.54) is 59.9 Å². The number of methoxy groups -OCH3 is 1. The van der Waals surface area contributed by atoms with E-state index in [0.717, 1.165) is 4.31 Å². The molecule has 1 saturated heterocycles. The molecule has 1 aliphatic rings. The number of ether oxygens (including phenoxy) is 2. The molecule has 1 fully saturated rings. The number of nitrogens with zero attached hydrogens (tertiary/aromatic N) is 2. The Labute approximate surface area is 237 Å². The molecule has 0 saturated carbocycles. The molecular weight excluding hydrogens is 589 g/mol. The van der Waals surface area contributed by atoms with E-state index >= 15 is 0 Å². The van der Waals surface area contributed by atoms with Crippen LogP contribution >= 0.6 is 23.2 Å². The molecule has 0 aromatic heterocycles. The van der Waals surface area contributed by atoms with Gasteiger partial charge in [0.25, 0.3) is 10.0 Å². The predicted molar refractivity (Wildman–Crippen MR) is 149 cm³/mol. The molecule has 0 radical (unpaired) electrons. The number of carbonyl (C=O) groups excluding carboxylic acids is 1. The van der Waals surface area contributed by atoms with Gasteiger partial charge in [0.05, 0.1) is 41.0 Å². The van der Waals surface area contributed by atoms with E-state index in [2.05, 4.69) is 5.32 Å². The first-order valence-corrected chi connectivity index (χ1v) is 15.3. The Morgan fingerprint density at radius 1 is 1.00 bits per heavy atom. The van der Waals surface area contributed by atoms with Gasteiger partial charge in [-0.25, -0.2) is 16.8 Å². The standard InChI is InChI=1S/C25H25Cl2N3O7S2/c1-36-22-11-10-18(16-23(22)39(34,35)29-12-14-37-15-13-29)28-24(31)17-30(21-9-5-8-20(26)25(21)27)38(32,33)19-6-3-2-4-7-19/h2-11,16H,12-15,17H2,1H3,(H,28,31). The number of rotatable bonds is 9. The summed E-state index contributed by atoms with van der Waals surface area (Å²) in [6.45, 7) is 0.198. The van der Waals surface area contributed by atoms with Crippen molar-refractivity contribution in [3.63, 3.8) is 0 Å². The molecule has 0 aliphatic carbocycles. The molecule has 39 heavy (non-hydrogen) atoms. The van der Waals surface area contributed by atoms with Crippen molar-refractivity contribution >= 4 is 60.5 Å². The van der Waals surface area contributed by atoms with Crippen molar-refractivity contribution < 1.29 is 31.1 Å². The Balaban J connectivity index is 1.66. The number of anilines is 2. The largest absolute Gasteiger partial charge is 0.495 e. The van der Waals surface area contributed by atoms with Gasteiger partial charge in [0.2, 0.25) is 15.9 Å². The molecule has 1 N–H and O–H groups in total. The van der Waals surface area contributed by atoms with Gasteiger partial charge in [-0.05, 0) is 42.5 Å². The molecule has 0 unspecified atom stereocenters. The Morgan fingerprint density at radius 2 is 1.69 bits per heavy atom. The Kier molecular flexibility index (Phi) is 9.04. The van der Waals surface area contributed by atoms with Crippen LogP contribution in [0, 0.1) is 0 Å². The number of amides is 1. The van der Waals surface area contributed by atoms with Crippen molar-refractivity contribution in [3.8, 4) is 5.75 Å². The number of sulfonamides is 2. The van der Waals surface area contributed by atoms with Crippen LogP contribution < -0.4 is 14.4 Å². The summed E-state index contributed by atoms with van der Waals surface area (Å²) in [7, 11) is -6.86. The molecule has 3 aromatic rings. The SMILES string of the molecule is COc1ccc(NC(=O)CN(c2cccc(Cl)c2Cl)S(=O)(=O)c2ccccc2)cc1S(=O)(=O)N1CCOCC1. The van der Waals surface area contributed by atoms with Crippen molar-refractivity contribution in [1.29, 1.82) is 0 Å². The van der Waals surface area contributed by atoms with Gasteiger partial charge >= 0.3 is 0 Å². The lowest BCUT2D eigenvalue weighted by molar-refractivity contribution is -0.114. The number of hydrogen-bond donors (Lipinski definition) is 1. The summed E-state index contributed by atoms with van der Waals surface area (Å²) in [5, 5.41) is 2.64. The number of hydrogen-bond acceptors (Lipinski definition) is 7. The molecule has 208 valence electrons. The summed E-state index contributed by atoms with van der Waals surface area (Å²) in [5.41, 5.74) is 0.135. The summed E-state index contributed by atoms with van der Waals surface area (Å²) >= 11 is 12.5. The highest BCUT2D eigenvalue weighted by atomic mass is 35.5. The summed E-state index contributed by atoms with van der Waals surface area (Å²) in [6.07, 6.45) is 0. The molecule has 1 heterocycles. The first-order valence-electron chi connectivity index (χ1n) is 11.6. The molecule has 1 aliphatic heterocycles. The number of nitrogens with one attached hydrogen (secondary N) is 1. The van der Waals surface area contributed by atoms with Crippen molar-refractivity contribution in [2.75, 3.05) is 49.6 Å². The second-order valence-corrected chi connectivity index (χ2v) is 12.9. The van der Waals surface area contributed by atoms with Gasteiger partial charge in [0, 0.05) is 18.8 Å². The van der Waals surface area contributed by atoms with Gasteiger partial charge in [0.15, 0.2) is 0 Å². The van der Waals surface area contributed by atoms with Gasteiger partial charge in [0.1, 0.15) is 17.2 Å². The summed E-state index contributed by atoms with van der Waals surface area (Å²) < 4.78 is 66.3. The highest BCUT2D eigenvalue weighted by Crippen LogP contribution is 2.36. The monoisotopic (exact) mass is 613 g/mol. The summed E-state index contributed by atoms with van der Waals surface area (Å²) in [6, 6.07) is 16.1. The van der Waals surface area contributed by atoms with Gasteiger partial charge in [-0.3, -0.25) is 9.10 Å². The van der Waals surface area contributed by atoms with Crippen LogP contribution in [0.5, 0.6) is 5.75 Å². The lowest BCUT2D eigenvalue weighted by atomic mass is 10.3. The Morgan fingerprint density at radius 3 is 2.36 bits per heavy atom. The van der Waals surface area contributed by atoms with E-state index in [1.807, 2.05) is 0 Å². The molecule has 0 bridgehead atoms. The smallest absolute Gasteiger partial charge is 0.264 e. The maximum absolute atomic E-state index is 13.6. The van der Waals surface area contributed by atoms with Crippen LogP contribution in [0.1, 0.15) is 0 Å². The zero-order valence-electron chi connectivity index (χ0n) is 20.7. The van der Waals surface area contributed by atoms with Crippen LogP contribution in [0.2, 0.25) is 10.0 Å². The van der Waals surface area contributed by atoms with Crippen LogP contribution in [0.15, 0.2) is 76.5 Å². The second kappa shape index (κ2) is 12.1. The molecule has 0 atom stereocenters. The number of morpholine rings is 1. The van der Waals surface area contributed by atoms with Gasteiger partial charge in [-0.15, -0.1) is 0 Å². The molecular formula is C25H25Cl2N3O7S2. The fourth-order valence-corrected chi connectivity index (χ4v) is 7.41. The summed E-state index contributed by atoms with van der Waals surface area (Å²) in [5.74, 6) is -0.649. The highest BCUT2D eigenvalue weighted by Gasteiger charge is 2.31. The molecule has 0 spiro atoms. The third-order valence-corrected chi connectivity index (χ3v) is 10.4. The van der Waals surface area contributed by atoms with Crippen LogP contribution in [0.25, 0.3) is 0 Å². The zero-order valence-corrected chi connectivity index (χ0v) is 23.9. The van der Waals surface area contributed by atoms with E-state index in [4.69, 9.17) is 32.7 Å². The third-order valence-electron chi connectivity index (χ3n) is 5.85. The number of halogens is 2. The number of carbonyl (C=O) groups is 1. The van der Waals surface area contributed by atoms with Crippen molar-refractivity contribution in [3.05, 3.63) is 76.8 Å². The summed E-state index contributed by atoms with van der Waals surface area (Å²) in [4.78, 5) is 13.0. The highest BCUT2D eigenvalue weighted by molar-refractivity contribution is 7.93. The molecule has 4 rings (SSSR count). The van der Waals surface area contributed by atoms with Crippen molar-refractivity contribution in [2.24, 2.45) is 0 Å². The van der Waals surface area contributed by atoms with Crippen LogP contribution in [0.3, 0.4) is 0 Å². The fourth-order valence-electron chi connectivity index (χ4n) is 3.92. The molecule has 1 amide bonds. The van der Waals surface area contributed by atoms with Crippen LogP contribution in [0.4, 0.5) is 11.4 Å². The molecule has 3 aromatic carbocycles. The van der Waals surface area contributed by atoms with Crippen molar-refractivity contribution in [2.45, 2.75) is 9.79 Å². The quantitative estimate of drug-likeness (QED) is 0.389. The minimum absolute atomic E-state index is 0.00786. The normalized spacial score (nSPS) is 14.5. The van der Waals surface area contributed by atoms with Crippen LogP contribution in [-0.2, 0) is 29.6 Å². The van der Waals surface area contributed by atoms with E-state index < -0.39 is 32.5 Å². The lowest BCUT2D eigenvalue weighted by Crippen LogP contribution is -2.40. The topological polar surface area (TPSA) is 122 Å². The second-order valence-electron chi connectivity index (χ2n) is 8.33. The third kappa shape index (κ3) is 6.32. The van der Waals surface area contributed by atoms with E-state index in [9.17, 15) is 21.6 Å². The van der Waals surface area contributed by atoms with Crippen molar-refractivity contribution in [1.82, 2.24) is 4.31 Å². The maximum Gasteiger partial charge on any atom is 0.264 e. The maximum atomic E-state index is 13.6. The zero-order chi connectivity index (χ0) is 28.2. The van der Waals surface area contributed by atoms with E-state index in [0.29, 0.717) is 0 Å². The van der Waals surface area contributed by atoms with E-state index in [-0.39, 0.29) is 63.3 Å². The number of benzene rings is 3. The first-order chi connectivity index (χ1) is 18.6. The predicted octanol–water partition coefficient (Wildman–Crippen LogP) is 3.86. The van der Waals surface area contributed by atoms with E-state index in [1.54, 1.807) is 18.2 Å². The molecule has 14 heteroatoms. The van der Waals surface area contributed by atoms with Crippen LogP contribution in [-0.4, -0.2) is 67.0 Å². The average Bonchev–Trinajstić information content (AvgIpc) is 2.94. The lowest BCUT2D eigenvalue weighted by Gasteiger charge is -2.27. The molecule has 10 nitrogen and oxygen atoms in total. The average molecular weight is 615 g/mol. The van der Waals surface area contributed by atoms with Gasteiger partial charge in [-0.2, -0.15) is 4.31 Å². The minimum atomic E-state index is -4.24.